The van der Waals surface area contributed by atoms with Gasteiger partial charge in [-0.05, 0) is 32.9 Å². The van der Waals surface area contributed by atoms with Crippen molar-refractivity contribution in [2.45, 2.75) is 33.7 Å². The average Bonchev–Trinajstić information content (AvgIpc) is 2.28. The largest absolute Gasteiger partial charge is 0.466 e. The first-order valence-corrected chi connectivity index (χ1v) is 5.84. The van der Waals surface area contributed by atoms with E-state index in [9.17, 15) is 14.4 Å². The summed E-state index contributed by atoms with van der Waals surface area (Å²) in [5.41, 5.74) is 0.505. The molecular formula is C13H17NO4. The second-order valence-corrected chi connectivity index (χ2v) is 3.96. The first-order valence-electron chi connectivity index (χ1n) is 5.84. The van der Waals surface area contributed by atoms with Crippen molar-refractivity contribution in [2.24, 2.45) is 0 Å². The topological polar surface area (TPSA) is 65.4 Å². The van der Waals surface area contributed by atoms with Crippen molar-refractivity contribution in [3.63, 3.8) is 0 Å². The van der Waals surface area contributed by atoms with Crippen LogP contribution in [0.3, 0.4) is 0 Å². The maximum Gasteiger partial charge on any atom is 0.307 e. The van der Waals surface area contributed by atoms with Crippen molar-refractivity contribution < 1.29 is 14.3 Å². The summed E-state index contributed by atoms with van der Waals surface area (Å²) in [5, 5.41) is 0. The normalized spacial score (nSPS) is 10.2. The van der Waals surface area contributed by atoms with Crippen LogP contribution in [0.4, 0.5) is 0 Å². The molecular weight excluding hydrogens is 234 g/mol. The van der Waals surface area contributed by atoms with Crippen molar-refractivity contribution in [3.8, 4) is 0 Å². The Balaban J connectivity index is 2.95. The molecule has 18 heavy (non-hydrogen) atoms. The molecule has 0 saturated carbocycles. The van der Waals surface area contributed by atoms with Crippen LogP contribution in [0.25, 0.3) is 0 Å². The highest BCUT2D eigenvalue weighted by molar-refractivity contribution is 5.93. The summed E-state index contributed by atoms with van der Waals surface area (Å²) in [6, 6.07) is 3.21. The van der Waals surface area contributed by atoms with E-state index in [1.807, 2.05) is 0 Å². The van der Waals surface area contributed by atoms with E-state index in [1.54, 1.807) is 19.9 Å². The molecule has 98 valence electrons. The van der Waals surface area contributed by atoms with E-state index in [0.29, 0.717) is 12.3 Å². The van der Waals surface area contributed by atoms with Gasteiger partial charge < -0.3 is 9.30 Å². The molecule has 1 aromatic heterocycles. The van der Waals surface area contributed by atoms with E-state index < -0.39 is 0 Å². The van der Waals surface area contributed by atoms with Gasteiger partial charge in [-0.2, -0.15) is 0 Å². The molecule has 0 aliphatic heterocycles. The summed E-state index contributed by atoms with van der Waals surface area (Å²) in [5.74, 6) is -0.623. The van der Waals surface area contributed by atoms with Gasteiger partial charge in [-0.25, -0.2) is 0 Å². The molecule has 0 aliphatic rings. The molecule has 1 aromatic rings. The van der Waals surface area contributed by atoms with E-state index >= 15 is 0 Å². The second kappa shape index (κ2) is 6.14. The van der Waals surface area contributed by atoms with Crippen LogP contribution in [0.2, 0.25) is 0 Å². The first kappa shape index (κ1) is 14.2. The van der Waals surface area contributed by atoms with Gasteiger partial charge in [-0.3, -0.25) is 14.4 Å². The summed E-state index contributed by atoms with van der Waals surface area (Å²) >= 11 is 0. The van der Waals surface area contributed by atoms with Gasteiger partial charge in [-0.15, -0.1) is 0 Å². The van der Waals surface area contributed by atoms with Gasteiger partial charge in [0, 0.05) is 12.2 Å². The van der Waals surface area contributed by atoms with E-state index in [0.717, 1.165) is 0 Å². The minimum Gasteiger partial charge on any atom is -0.466 e. The van der Waals surface area contributed by atoms with E-state index in [-0.39, 0.29) is 35.8 Å². The maximum atomic E-state index is 12.0. The number of carbonyl (C=O) groups is 2. The maximum absolute atomic E-state index is 12.0. The molecule has 0 spiro atoms. The molecule has 0 amide bonds. The van der Waals surface area contributed by atoms with Crippen molar-refractivity contribution in [2.75, 3.05) is 6.61 Å². The highest BCUT2D eigenvalue weighted by Crippen LogP contribution is 2.01. The Bertz CT molecular complexity index is 516. The van der Waals surface area contributed by atoms with Gasteiger partial charge in [0.05, 0.1) is 18.6 Å². The Morgan fingerprint density at radius 3 is 2.56 bits per heavy atom. The van der Waals surface area contributed by atoms with Crippen LogP contribution >= 0.6 is 0 Å². The summed E-state index contributed by atoms with van der Waals surface area (Å²) in [7, 11) is 0. The van der Waals surface area contributed by atoms with E-state index in [1.165, 1.54) is 17.6 Å². The van der Waals surface area contributed by atoms with Crippen LogP contribution in [0.5, 0.6) is 0 Å². The Kier molecular flexibility index (Phi) is 4.83. The smallest absolute Gasteiger partial charge is 0.307 e. The number of Topliss-reactive ketones (excluding diaryl/α,β-unsaturated/α-hetero) is 1. The Morgan fingerprint density at radius 1 is 1.33 bits per heavy atom. The van der Waals surface area contributed by atoms with Crippen molar-refractivity contribution in [1.29, 1.82) is 0 Å². The van der Waals surface area contributed by atoms with Gasteiger partial charge in [-0.1, -0.05) is 0 Å². The quantitative estimate of drug-likeness (QED) is 0.584. The van der Waals surface area contributed by atoms with Crippen LogP contribution in [-0.2, 0) is 16.1 Å². The zero-order valence-electron chi connectivity index (χ0n) is 10.9. The minimum atomic E-state index is -0.355. The number of rotatable bonds is 5. The fourth-order valence-corrected chi connectivity index (χ4v) is 1.65. The molecule has 0 N–H and O–H groups in total. The van der Waals surface area contributed by atoms with Gasteiger partial charge in [0.15, 0.2) is 5.78 Å². The van der Waals surface area contributed by atoms with E-state index in [2.05, 4.69) is 0 Å². The van der Waals surface area contributed by atoms with Crippen LogP contribution in [0, 0.1) is 6.92 Å². The highest BCUT2D eigenvalue weighted by Gasteiger charge is 2.11. The lowest BCUT2D eigenvalue weighted by Gasteiger charge is -2.10. The fourth-order valence-electron chi connectivity index (χ4n) is 1.65. The highest BCUT2D eigenvalue weighted by atomic mass is 16.5. The lowest BCUT2D eigenvalue weighted by Crippen LogP contribution is -2.28. The number of ether oxygens (including phenoxy) is 1. The number of esters is 1. The summed E-state index contributed by atoms with van der Waals surface area (Å²) in [6.07, 6.45) is 0.121. The zero-order chi connectivity index (χ0) is 13.7. The van der Waals surface area contributed by atoms with Crippen LogP contribution in [-0.4, -0.2) is 22.9 Å². The molecule has 0 radical (unpaired) electrons. The summed E-state index contributed by atoms with van der Waals surface area (Å²) in [6.45, 7) is 5.38. The molecule has 5 heteroatoms. The third-order valence-electron chi connectivity index (χ3n) is 2.62. The predicted molar refractivity (Wildman–Crippen MR) is 66.7 cm³/mol. The van der Waals surface area contributed by atoms with Crippen LogP contribution in [0.1, 0.15) is 36.3 Å². The van der Waals surface area contributed by atoms with Crippen LogP contribution in [0.15, 0.2) is 16.9 Å². The van der Waals surface area contributed by atoms with Gasteiger partial charge in [0.25, 0.3) is 5.56 Å². The van der Waals surface area contributed by atoms with Gasteiger partial charge in [0.1, 0.15) is 0 Å². The number of nitrogens with zero attached hydrogens (tertiary/aromatic N) is 1. The molecule has 0 saturated heterocycles. The molecule has 1 heterocycles. The third-order valence-corrected chi connectivity index (χ3v) is 2.62. The summed E-state index contributed by atoms with van der Waals surface area (Å²) in [4.78, 5) is 34.5. The Morgan fingerprint density at radius 2 is 2.00 bits per heavy atom. The minimum absolute atomic E-state index is 0.121. The predicted octanol–water partition coefficient (Wildman–Crippen LogP) is 1.31. The van der Waals surface area contributed by atoms with Crippen molar-refractivity contribution >= 4 is 11.8 Å². The van der Waals surface area contributed by atoms with E-state index in [4.69, 9.17) is 4.74 Å². The van der Waals surface area contributed by atoms with Crippen molar-refractivity contribution in [1.82, 2.24) is 4.57 Å². The SMILES string of the molecule is CCOC(=O)CCn1c(C)ccc(C(C)=O)c1=O. The molecule has 0 unspecified atom stereocenters. The van der Waals surface area contributed by atoms with Gasteiger partial charge in [0.2, 0.25) is 0 Å². The Hall–Kier alpha value is -1.91. The molecule has 0 bridgehead atoms. The number of aromatic nitrogens is 1. The number of aryl methyl sites for hydroxylation is 1. The van der Waals surface area contributed by atoms with Crippen LogP contribution < -0.4 is 5.56 Å². The molecule has 0 fully saturated rings. The number of pyridine rings is 1. The molecule has 1 rings (SSSR count). The summed E-state index contributed by atoms with van der Waals surface area (Å²) < 4.78 is 6.22. The average molecular weight is 251 g/mol. The van der Waals surface area contributed by atoms with Gasteiger partial charge >= 0.3 is 5.97 Å². The van der Waals surface area contributed by atoms with Crippen molar-refractivity contribution in [3.05, 3.63) is 33.7 Å². The number of hydrogen-bond acceptors (Lipinski definition) is 4. The number of ketones is 1. The molecule has 0 aromatic carbocycles. The second-order valence-electron chi connectivity index (χ2n) is 3.96. The first-order chi connectivity index (χ1) is 8.47. The third kappa shape index (κ3) is 3.29. The Labute approximate surface area is 105 Å². The zero-order valence-corrected chi connectivity index (χ0v) is 10.9. The molecule has 0 atom stereocenters. The lowest BCUT2D eigenvalue weighted by molar-refractivity contribution is -0.143. The molecule has 0 aliphatic carbocycles. The lowest BCUT2D eigenvalue weighted by atomic mass is 10.2. The molecule has 5 nitrogen and oxygen atoms in total. The fraction of sp³-hybridized carbons (Fsp3) is 0.462. The number of hydrogen-bond donors (Lipinski definition) is 0. The number of carbonyl (C=O) groups excluding carboxylic acids is 2. The monoisotopic (exact) mass is 251 g/mol. The standard InChI is InChI=1S/C13H17NO4/c1-4-18-12(16)7-8-14-9(2)5-6-11(10(3)15)13(14)17/h5-6H,4,7-8H2,1-3H3.